The zero-order valence-electron chi connectivity index (χ0n) is 18.0. The third-order valence-corrected chi connectivity index (χ3v) is 6.83. The minimum atomic E-state index is -0.151. The average Bonchev–Trinajstić information content (AvgIpc) is 3.56. The predicted molar refractivity (Wildman–Crippen MR) is 116 cm³/mol. The summed E-state index contributed by atoms with van der Waals surface area (Å²) in [5, 5.41) is 11.3. The van der Waals surface area contributed by atoms with Gasteiger partial charge in [-0.3, -0.25) is 9.59 Å². The van der Waals surface area contributed by atoms with E-state index in [2.05, 4.69) is 20.4 Å². The molecule has 7 nitrogen and oxygen atoms in total. The highest BCUT2D eigenvalue weighted by atomic mass is 16.2. The van der Waals surface area contributed by atoms with Crippen molar-refractivity contribution in [2.45, 2.75) is 64.2 Å². The number of piperazine rings is 1. The van der Waals surface area contributed by atoms with Crippen LogP contribution in [0.4, 0.5) is 5.82 Å². The molecule has 1 aromatic rings. The van der Waals surface area contributed by atoms with Crippen molar-refractivity contribution in [1.29, 1.82) is 0 Å². The molecule has 2 amide bonds. The number of carbonyl (C=O) groups excluding carboxylic acids is 2. The van der Waals surface area contributed by atoms with Gasteiger partial charge in [0.1, 0.15) is 0 Å². The maximum Gasteiger partial charge on any atom is 0.271 e. The summed E-state index contributed by atoms with van der Waals surface area (Å²) < 4.78 is 0. The lowest BCUT2D eigenvalue weighted by atomic mass is 10.1. The monoisotopic (exact) mass is 413 g/mol. The van der Waals surface area contributed by atoms with Crippen molar-refractivity contribution in [3.05, 3.63) is 17.8 Å². The van der Waals surface area contributed by atoms with Crippen LogP contribution in [0.3, 0.4) is 0 Å². The summed E-state index contributed by atoms with van der Waals surface area (Å²) in [7, 11) is 0. The maximum absolute atomic E-state index is 12.8. The zero-order valence-corrected chi connectivity index (χ0v) is 18.0. The maximum atomic E-state index is 12.8. The van der Waals surface area contributed by atoms with Crippen LogP contribution in [0.1, 0.15) is 74.7 Å². The van der Waals surface area contributed by atoms with Crippen LogP contribution < -0.4 is 10.2 Å². The number of hydrogen-bond acceptors (Lipinski definition) is 5. The summed E-state index contributed by atoms with van der Waals surface area (Å²) in [6.45, 7) is 3.71. The number of rotatable bonds is 0. The first-order valence-corrected chi connectivity index (χ1v) is 11.9. The lowest BCUT2D eigenvalue weighted by Gasteiger charge is -2.35. The van der Waals surface area contributed by atoms with Gasteiger partial charge >= 0.3 is 0 Å². The first-order valence-electron chi connectivity index (χ1n) is 11.9. The Hall–Kier alpha value is -2.18. The van der Waals surface area contributed by atoms with E-state index in [0.29, 0.717) is 24.1 Å². The van der Waals surface area contributed by atoms with E-state index in [1.807, 2.05) is 11.0 Å². The van der Waals surface area contributed by atoms with Gasteiger partial charge < -0.3 is 15.1 Å². The van der Waals surface area contributed by atoms with Crippen LogP contribution in [0.15, 0.2) is 12.1 Å². The molecule has 2 atom stereocenters. The molecular formula is C23H35N5O2. The third kappa shape index (κ3) is 5.49. The van der Waals surface area contributed by atoms with Crippen LogP contribution in [0, 0.1) is 11.8 Å². The lowest BCUT2D eigenvalue weighted by molar-refractivity contribution is -0.133. The molecule has 2 unspecified atom stereocenters. The van der Waals surface area contributed by atoms with Crippen LogP contribution in [0.25, 0.3) is 0 Å². The van der Waals surface area contributed by atoms with E-state index in [0.717, 1.165) is 51.3 Å². The molecule has 0 aromatic carbocycles. The summed E-state index contributed by atoms with van der Waals surface area (Å²) in [6.07, 6.45) is 12.1. The Morgan fingerprint density at radius 1 is 0.800 bits per heavy atom. The third-order valence-electron chi connectivity index (χ3n) is 6.83. The number of nitrogens with one attached hydrogen (secondary N) is 1. The molecule has 2 fully saturated rings. The molecule has 1 saturated carbocycles. The number of carbonyl (C=O) groups is 2. The summed E-state index contributed by atoms with van der Waals surface area (Å²) >= 11 is 0. The van der Waals surface area contributed by atoms with Gasteiger partial charge in [0, 0.05) is 38.6 Å². The Labute approximate surface area is 179 Å². The van der Waals surface area contributed by atoms with Gasteiger partial charge in [0.25, 0.3) is 5.91 Å². The molecule has 1 aromatic heterocycles. The fraction of sp³-hybridized carbons (Fsp3) is 0.739. The van der Waals surface area contributed by atoms with Crippen molar-refractivity contribution in [1.82, 2.24) is 20.4 Å². The number of nitrogens with zero attached hydrogens (tertiary/aromatic N) is 4. The highest BCUT2D eigenvalue weighted by molar-refractivity contribution is 5.92. The lowest BCUT2D eigenvalue weighted by Crippen LogP contribution is -2.49. The van der Waals surface area contributed by atoms with Gasteiger partial charge in [-0.15, -0.1) is 10.2 Å². The van der Waals surface area contributed by atoms with Crippen LogP contribution in [-0.4, -0.2) is 59.6 Å². The van der Waals surface area contributed by atoms with E-state index in [9.17, 15) is 9.59 Å². The minimum absolute atomic E-state index is 0.151. The van der Waals surface area contributed by atoms with Gasteiger partial charge in [0.2, 0.25) is 5.91 Å². The number of aromatic nitrogens is 2. The highest BCUT2D eigenvalue weighted by Crippen LogP contribution is 2.43. The summed E-state index contributed by atoms with van der Waals surface area (Å²) in [6, 6.07) is 3.62. The van der Waals surface area contributed by atoms with E-state index in [1.54, 1.807) is 6.07 Å². The van der Waals surface area contributed by atoms with Crippen molar-refractivity contribution in [3.8, 4) is 0 Å². The molecule has 164 valence electrons. The molecule has 1 N–H and O–H groups in total. The van der Waals surface area contributed by atoms with Crippen molar-refractivity contribution < 1.29 is 9.59 Å². The van der Waals surface area contributed by atoms with Gasteiger partial charge in [-0.1, -0.05) is 44.9 Å². The Balaban J connectivity index is 1.35. The number of anilines is 1. The van der Waals surface area contributed by atoms with Crippen LogP contribution in [-0.2, 0) is 4.79 Å². The number of amides is 2. The van der Waals surface area contributed by atoms with Crippen molar-refractivity contribution >= 4 is 17.6 Å². The second-order valence-corrected chi connectivity index (χ2v) is 9.06. The van der Waals surface area contributed by atoms with E-state index < -0.39 is 0 Å². The Kier molecular flexibility index (Phi) is 7.18. The second-order valence-electron chi connectivity index (χ2n) is 9.06. The molecule has 1 aliphatic carbocycles. The number of fused-ring (bicyclic) bond motifs is 2. The van der Waals surface area contributed by atoms with Crippen molar-refractivity contribution in [2.75, 3.05) is 37.6 Å². The van der Waals surface area contributed by atoms with E-state index in [1.165, 1.54) is 44.9 Å². The average molecular weight is 414 g/mol. The minimum Gasteiger partial charge on any atom is -0.352 e. The fourth-order valence-corrected chi connectivity index (χ4v) is 4.76. The molecule has 6 rings (SSSR count). The molecule has 7 heteroatoms. The topological polar surface area (TPSA) is 78.4 Å². The van der Waals surface area contributed by atoms with Gasteiger partial charge in [-0.05, 0) is 37.3 Å². The van der Waals surface area contributed by atoms with Crippen LogP contribution in [0.5, 0.6) is 0 Å². The van der Waals surface area contributed by atoms with Gasteiger partial charge in [0.15, 0.2) is 11.5 Å². The van der Waals surface area contributed by atoms with Crippen LogP contribution in [0.2, 0.25) is 0 Å². The smallest absolute Gasteiger partial charge is 0.271 e. The molecule has 1 saturated heterocycles. The van der Waals surface area contributed by atoms with Crippen LogP contribution >= 0.6 is 0 Å². The van der Waals surface area contributed by atoms with Crippen molar-refractivity contribution in [3.63, 3.8) is 0 Å². The second kappa shape index (κ2) is 10.2. The highest BCUT2D eigenvalue weighted by Gasteiger charge is 2.44. The zero-order chi connectivity index (χ0) is 20.8. The normalized spacial score (nSPS) is 26.9. The molecule has 0 radical (unpaired) electrons. The summed E-state index contributed by atoms with van der Waals surface area (Å²) in [4.78, 5) is 29.3. The summed E-state index contributed by atoms with van der Waals surface area (Å²) in [5.41, 5.74) is 0.366. The Bertz CT molecular complexity index is 715. The quantitative estimate of drug-likeness (QED) is 0.707. The first kappa shape index (κ1) is 21.1. The van der Waals surface area contributed by atoms with E-state index >= 15 is 0 Å². The first-order chi connectivity index (χ1) is 14.7. The van der Waals surface area contributed by atoms with Gasteiger partial charge in [-0.2, -0.15) is 0 Å². The predicted octanol–water partition coefficient (Wildman–Crippen LogP) is 3.02. The summed E-state index contributed by atoms with van der Waals surface area (Å²) in [5.74, 6) is 1.88. The molecule has 4 bridgehead atoms. The number of hydrogen-bond donors (Lipinski definition) is 1. The standard InChI is InChI=1S/C23H35N5O2/c29-22-20-10-11-21(26-25-20)27-13-15-28(16-14-27)23(30)19-17-18(19)9-7-5-3-1-2-4-6-8-12-24-22/h10-11,18-19H,1-9,12-17H2,(H,24,29). The largest absolute Gasteiger partial charge is 0.352 e. The van der Waals surface area contributed by atoms with E-state index in [-0.39, 0.29) is 11.8 Å². The fourth-order valence-electron chi connectivity index (χ4n) is 4.76. The molecule has 5 heterocycles. The van der Waals surface area contributed by atoms with Crippen molar-refractivity contribution in [2.24, 2.45) is 11.8 Å². The molecular weight excluding hydrogens is 378 g/mol. The SMILES string of the molecule is O=C1NCCCCCCCCCCC2CC2C(=O)N2CCN(CC2)c2ccc1nn2. The van der Waals surface area contributed by atoms with Gasteiger partial charge in [0.05, 0.1) is 0 Å². The molecule has 4 aliphatic heterocycles. The molecule has 5 aliphatic rings. The van der Waals surface area contributed by atoms with Gasteiger partial charge in [-0.25, -0.2) is 0 Å². The Morgan fingerprint density at radius 2 is 1.47 bits per heavy atom. The Morgan fingerprint density at radius 3 is 2.17 bits per heavy atom. The molecule has 0 spiro atoms. The van der Waals surface area contributed by atoms with E-state index in [4.69, 9.17) is 0 Å². The molecule has 30 heavy (non-hydrogen) atoms.